The number of nitrogen functional groups attached to an aromatic ring is 1. The van der Waals surface area contributed by atoms with Gasteiger partial charge in [0.1, 0.15) is 12.0 Å². The Labute approximate surface area is 131 Å². The lowest BCUT2D eigenvalue weighted by Gasteiger charge is -2.32. The maximum Gasteiger partial charge on any atom is 0.306 e. The summed E-state index contributed by atoms with van der Waals surface area (Å²) in [5.41, 5.74) is 6.84. The number of carboxylic acids is 1. The van der Waals surface area contributed by atoms with E-state index in [2.05, 4.69) is 21.8 Å². The number of carboxylic acid groups (broad SMARTS) is 1. The van der Waals surface area contributed by atoms with Crippen molar-refractivity contribution >= 4 is 23.3 Å². The molecule has 0 unspecified atom stereocenters. The van der Waals surface area contributed by atoms with E-state index in [9.17, 15) is 4.79 Å². The molecule has 2 heterocycles. The molecule has 1 aromatic rings. The maximum atomic E-state index is 11.0. The summed E-state index contributed by atoms with van der Waals surface area (Å²) in [5.74, 6) is 0.498. The summed E-state index contributed by atoms with van der Waals surface area (Å²) in [6, 6.07) is 0. The molecule has 7 nitrogen and oxygen atoms in total. The molecule has 122 valence electrons. The van der Waals surface area contributed by atoms with Crippen molar-refractivity contribution in [2.45, 2.75) is 32.6 Å². The van der Waals surface area contributed by atoms with Crippen LogP contribution >= 0.6 is 0 Å². The van der Waals surface area contributed by atoms with Crippen LogP contribution in [-0.2, 0) is 4.79 Å². The van der Waals surface area contributed by atoms with Crippen molar-refractivity contribution in [1.29, 1.82) is 0 Å². The molecule has 0 aromatic carbocycles. The van der Waals surface area contributed by atoms with E-state index >= 15 is 0 Å². The number of aromatic nitrogens is 2. The van der Waals surface area contributed by atoms with E-state index < -0.39 is 5.97 Å². The van der Waals surface area contributed by atoms with E-state index in [0.29, 0.717) is 31.6 Å². The fourth-order valence-electron chi connectivity index (χ4n) is 2.77. The lowest BCUT2D eigenvalue weighted by atomic mass is 9.97. The Morgan fingerprint density at radius 1 is 1.45 bits per heavy atom. The molecule has 1 saturated heterocycles. The molecule has 3 N–H and O–H groups in total. The predicted octanol–water partition coefficient (Wildman–Crippen LogP) is 1.60. The van der Waals surface area contributed by atoms with Crippen molar-refractivity contribution in [3.05, 3.63) is 6.33 Å². The summed E-state index contributed by atoms with van der Waals surface area (Å²) in [6.45, 7) is 4.38. The van der Waals surface area contributed by atoms with E-state index in [-0.39, 0.29) is 5.92 Å². The maximum absolute atomic E-state index is 11.0. The molecule has 0 aliphatic carbocycles. The van der Waals surface area contributed by atoms with Crippen LogP contribution in [0.2, 0.25) is 0 Å². The molecule has 0 amide bonds. The third-order valence-corrected chi connectivity index (χ3v) is 4.19. The fourth-order valence-corrected chi connectivity index (χ4v) is 2.77. The van der Waals surface area contributed by atoms with Crippen LogP contribution < -0.4 is 15.5 Å². The molecule has 0 bridgehead atoms. The number of hydrogen-bond acceptors (Lipinski definition) is 6. The number of aliphatic carboxylic acids is 1. The zero-order valence-corrected chi connectivity index (χ0v) is 13.3. The van der Waals surface area contributed by atoms with E-state index in [1.807, 2.05) is 11.9 Å². The van der Waals surface area contributed by atoms with Gasteiger partial charge in [-0.2, -0.15) is 0 Å². The van der Waals surface area contributed by atoms with E-state index in [1.165, 1.54) is 6.33 Å². The molecular formula is C15H25N5O2. The predicted molar refractivity (Wildman–Crippen MR) is 87.2 cm³/mol. The highest BCUT2D eigenvalue weighted by atomic mass is 16.4. The molecule has 7 heteroatoms. The van der Waals surface area contributed by atoms with Gasteiger partial charge in [0.05, 0.1) is 5.92 Å². The summed E-state index contributed by atoms with van der Waals surface area (Å²) in [4.78, 5) is 23.8. The van der Waals surface area contributed by atoms with Gasteiger partial charge in [-0.15, -0.1) is 0 Å². The SMILES string of the molecule is CCCCN(C)c1ncnc(N2CCC(C(=O)O)CC2)c1N. The molecule has 22 heavy (non-hydrogen) atoms. The van der Waals surface area contributed by atoms with Gasteiger partial charge in [0.15, 0.2) is 11.6 Å². The van der Waals surface area contributed by atoms with E-state index in [0.717, 1.165) is 31.0 Å². The monoisotopic (exact) mass is 307 g/mol. The van der Waals surface area contributed by atoms with Gasteiger partial charge < -0.3 is 20.6 Å². The standard InChI is InChI=1S/C15H25N5O2/c1-3-4-7-19(2)13-12(16)14(18-10-17-13)20-8-5-11(6-9-20)15(21)22/h10-11H,3-9,16H2,1-2H3,(H,21,22). The number of rotatable bonds is 6. The normalized spacial score (nSPS) is 15.8. The first-order valence-electron chi connectivity index (χ1n) is 7.84. The van der Waals surface area contributed by atoms with Gasteiger partial charge in [0, 0.05) is 26.7 Å². The van der Waals surface area contributed by atoms with Gasteiger partial charge >= 0.3 is 5.97 Å². The quantitative estimate of drug-likeness (QED) is 0.824. The Bertz CT molecular complexity index is 515. The van der Waals surface area contributed by atoms with Crippen LogP contribution in [-0.4, -0.2) is 47.7 Å². The fraction of sp³-hybridized carbons (Fsp3) is 0.667. The van der Waals surface area contributed by atoms with Crippen LogP contribution in [0.1, 0.15) is 32.6 Å². The highest BCUT2D eigenvalue weighted by Crippen LogP contribution is 2.31. The molecule has 2 rings (SSSR count). The van der Waals surface area contributed by atoms with Crippen LogP contribution in [0.25, 0.3) is 0 Å². The second kappa shape index (κ2) is 7.29. The smallest absolute Gasteiger partial charge is 0.306 e. The summed E-state index contributed by atoms with van der Waals surface area (Å²) in [6.07, 6.45) is 4.98. The van der Waals surface area contributed by atoms with Gasteiger partial charge in [-0.3, -0.25) is 4.79 Å². The molecular weight excluding hydrogens is 282 g/mol. The Kier molecular flexibility index (Phi) is 5.41. The van der Waals surface area contributed by atoms with Crippen molar-refractivity contribution in [3.63, 3.8) is 0 Å². The van der Waals surface area contributed by atoms with Crippen molar-refractivity contribution in [2.75, 3.05) is 42.2 Å². The van der Waals surface area contributed by atoms with Gasteiger partial charge in [-0.25, -0.2) is 9.97 Å². The zero-order chi connectivity index (χ0) is 16.1. The molecule has 0 saturated carbocycles. The first-order chi connectivity index (χ1) is 10.5. The second-order valence-electron chi connectivity index (χ2n) is 5.81. The van der Waals surface area contributed by atoms with Crippen LogP contribution in [0.15, 0.2) is 6.33 Å². The molecule has 1 aliphatic rings. The summed E-state index contributed by atoms with van der Waals surface area (Å²) >= 11 is 0. The topological polar surface area (TPSA) is 95.6 Å². The van der Waals surface area contributed by atoms with E-state index in [4.69, 9.17) is 10.8 Å². The minimum absolute atomic E-state index is 0.258. The van der Waals surface area contributed by atoms with Crippen molar-refractivity contribution < 1.29 is 9.90 Å². The van der Waals surface area contributed by atoms with Gasteiger partial charge in [0.25, 0.3) is 0 Å². The first-order valence-corrected chi connectivity index (χ1v) is 7.84. The number of nitrogens with two attached hydrogens (primary N) is 1. The summed E-state index contributed by atoms with van der Waals surface area (Å²) in [5, 5.41) is 9.07. The van der Waals surface area contributed by atoms with Crippen LogP contribution in [0.5, 0.6) is 0 Å². The molecule has 0 spiro atoms. The third kappa shape index (κ3) is 3.58. The summed E-state index contributed by atoms with van der Waals surface area (Å²) in [7, 11) is 1.98. The Morgan fingerprint density at radius 3 is 2.73 bits per heavy atom. The minimum atomic E-state index is -0.713. The van der Waals surface area contributed by atoms with Crippen molar-refractivity contribution in [2.24, 2.45) is 5.92 Å². The highest BCUT2D eigenvalue weighted by Gasteiger charge is 2.27. The van der Waals surface area contributed by atoms with Crippen molar-refractivity contribution in [3.8, 4) is 0 Å². The molecule has 0 radical (unpaired) electrons. The third-order valence-electron chi connectivity index (χ3n) is 4.19. The lowest BCUT2D eigenvalue weighted by Crippen LogP contribution is -2.37. The second-order valence-corrected chi connectivity index (χ2v) is 5.81. The largest absolute Gasteiger partial charge is 0.481 e. The van der Waals surface area contributed by atoms with E-state index in [1.54, 1.807) is 0 Å². The number of carbonyl (C=O) groups is 1. The summed E-state index contributed by atoms with van der Waals surface area (Å²) < 4.78 is 0. The molecule has 0 atom stereocenters. The number of hydrogen-bond donors (Lipinski definition) is 2. The molecule has 1 aromatic heterocycles. The van der Waals surface area contributed by atoms with Crippen LogP contribution in [0, 0.1) is 5.92 Å². The Balaban J connectivity index is 2.11. The number of anilines is 3. The van der Waals surface area contributed by atoms with Gasteiger partial charge in [-0.1, -0.05) is 13.3 Å². The minimum Gasteiger partial charge on any atom is -0.481 e. The molecule has 1 aliphatic heterocycles. The molecule has 1 fully saturated rings. The Morgan fingerprint density at radius 2 is 2.14 bits per heavy atom. The Hall–Kier alpha value is -2.05. The lowest BCUT2D eigenvalue weighted by molar-refractivity contribution is -0.142. The van der Waals surface area contributed by atoms with Crippen molar-refractivity contribution in [1.82, 2.24) is 9.97 Å². The van der Waals surface area contributed by atoms with Gasteiger partial charge in [0.2, 0.25) is 0 Å². The average molecular weight is 307 g/mol. The zero-order valence-electron chi connectivity index (χ0n) is 13.3. The number of piperidine rings is 1. The van der Waals surface area contributed by atoms with Crippen LogP contribution in [0.4, 0.5) is 17.3 Å². The number of nitrogens with zero attached hydrogens (tertiary/aromatic N) is 4. The van der Waals surface area contributed by atoms with Gasteiger partial charge in [-0.05, 0) is 19.3 Å². The van der Waals surface area contributed by atoms with Crippen LogP contribution in [0.3, 0.4) is 0 Å². The number of unbranched alkanes of at least 4 members (excludes halogenated alkanes) is 1. The first kappa shape index (κ1) is 16.3. The highest BCUT2D eigenvalue weighted by molar-refractivity contribution is 5.76. The average Bonchev–Trinajstić information content (AvgIpc) is 2.53.